The fourth-order valence-electron chi connectivity index (χ4n) is 4.39. The minimum Gasteiger partial charge on any atom is -0.368 e. The van der Waals surface area contributed by atoms with Crippen molar-refractivity contribution >= 4 is 40.8 Å². The molecule has 2 aliphatic heterocycles. The fourth-order valence-corrected chi connectivity index (χ4v) is 4.60. The van der Waals surface area contributed by atoms with Gasteiger partial charge in [-0.25, -0.2) is 9.07 Å². The van der Waals surface area contributed by atoms with E-state index in [1.165, 1.54) is 23.0 Å². The molecule has 1 atom stereocenters. The van der Waals surface area contributed by atoms with Gasteiger partial charge >= 0.3 is 0 Å². The van der Waals surface area contributed by atoms with E-state index in [-0.39, 0.29) is 17.9 Å². The number of rotatable bonds is 3. The lowest BCUT2D eigenvalue weighted by Gasteiger charge is -2.32. The van der Waals surface area contributed by atoms with Crippen LogP contribution in [0, 0.1) is 5.82 Å². The van der Waals surface area contributed by atoms with Gasteiger partial charge in [-0.3, -0.25) is 14.4 Å². The van der Waals surface area contributed by atoms with Gasteiger partial charge in [-0.1, -0.05) is 29.8 Å². The SMILES string of the molecule is NC(=O)CN1C(=O)[C@@]2(CC(=O)Nc3c2cnn3-c2ccccc2Cl)c2ccc(F)cc21. The van der Waals surface area contributed by atoms with Crippen molar-refractivity contribution in [3.63, 3.8) is 0 Å². The van der Waals surface area contributed by atoms with Gasteiger partial charge in [0.2, 0.25) is 17.7 Å². The zero-order valence-corrected chi connectivity index (χ0v) is 16.7. The van der Waals surface area contributed by atoms with E-state index in [0.29, 0.717) is 21.8 Å². The van der Waals surface area contributed by atoms with Crippen molar-refractivity contribution in [2.45, 2.75) is 11.8 Å². The molecular weight excluding hydrogens is 425 g/mol. The Hall–Kier alpha value is -3.72. The average molecular weight is 440 g/mol. The monoisotopic (exact) mass is 439 g/mol. The van der Waals surface area contributed by atoms with Gasteiger partial charge in [-0.15, -0.1) is 0 Å². The van der Waals surface area contributed by atoms with Gasteiger partial charge in [0, 0.05) is 12.0 Å². The number of fused-ring (bicyclic) bond motifs is 4. The number of aromatic nitrogens is 2. The number of hydrogen-bond donors (Lipinski definition) is 2. The van der Waals surface area contributed by atoms with Crippen LogP contribution >= 0.6 is 11.6 Å². The van der Waals surface area contributed by atoms with Gasteiger partial charge in [0.15, 0.2) is 0 Å². The summed E-state index contributed by atoms with van der Waals surface area (Å²) in [5, 5.41) is 7.55. The van der Waals surface area contributed by atoms with Crippen LogP contribution in [0.3, 0.4) is 0 Å². The Bertz CT molecular complexity index is 1290. The molecule has 0 radical (unpaired) electrons. The van der Waals surface area contributed by atoms with Crippen LogP contribution in [-0.2, 0) is 19.8 Å². The first-order valence-electron chi connectivity index (χ1n) is 9.36. The summed E-state index contributed by atoms with van der Waals surface area (Å²) in [6, 6.07) is 10.8. The average Bonchev–Trinajstić information content (AvgIpc) is 3.22. The molecule has 0 saturated carbocycles. The number of para-hydroxylation sites is 1. The van der Waals surface area contributed by atoms with Gasteiger partial charge in [0.1, 0.15) is 23.6 Å². The van der Waals surface area contributed by atoms with Gasteiger partial charge in [-0.2, -0.15) is 5.10 Å². The molecule has 10 heteroatoms. The molecule has 0 unspecified atom stereocenters. The predicted molar refractivity (Wildman–Crippen MR) is 111 cm³/mol. The van der Waals surface area contributed by atoms with E-state index in [1.54, 1.807) is 24.3 Å². The maximum atomic E-state index is 14.0. The second-order valence-corrected chi connectivity index (χ2v) is 7.83. The maximum Gasteiger partial charge on any atom is 0.243 e. The van der Waals surface area contributed by atoms with Crippen LogP contribution in [0.1, 0.15) is 17.5 Å². The molecule has 0 fully saturated rings. The molecule has 31 heavy (non-hydrogen) atoms. The molecule has 156 valence electrons. The molecule has 3 heterocycles. The molecule has 0 bridgehead atoms. The third-order valence-corrected chi connectivity index (χ3v) is 5.95. The number of primary amides is 1. The molecule has 0 saturated heterocycles. The third-order valence-electron chi connectivity index (χ3n) is 5.63. The number of nitrogens with zero attached hydrogens (tertiary/aromatic N) is 3. The molecule has 5 rings (SSSR count). The minimum absolute atomic E-state index is 0.204. The first-order valence-corrected chi connectivity index (χ1v) is 9.74. The summed E-state index contributed by atoms with van der Waals surface area (Å²) < 4.78 is 15.5. The highest BCUT2D eigenvalue weighted by molar-refractivity contribution is 6.32. The van der Waals surface area contributed by atoms with Gasteiger partial charge in [0.05, 0.1) is 22.6 Å². The van der Waals surface area contributed by atoms with Crippen molar-refractivity contribution in [1.29, 1.82) is 0 Å². The Morgan fingerprint density at radius 3 is 2.71 bits per heavy atom. The highest BCUT2D eigenvalue weighted by Gasteiger charge is 2.57. The molecule has 3 aromatic rings. The largest absolute Gasteiger partial charge is 0.368 e. The lowest BCUT2D eigenvalue weighted by Crippen LogP contribution is -2.48. The smallest absolute Gasteiger partial charge is 0.243 e. The first-order chi connectivity index (χ1) is 14.8. The van der Waals surface area contributed by atoms with Gasteiger partial charge < -0.3 is 16.0 Å². The van der Waals surface area contributed by atoms with Crippen molar-refractivity contribution in [3.05, 3.63) is 70.6 Å². The zero-order valence-electron chi connectivity index (χ0n) is 15.9. The Labute approximate surface area is 180 Å². The predicted octanol–water partition coefficient (Wildman–Crippen LogP) is 2.13. The molecule has 8 nitrogen and oxygen atoms in total. The number of nitrogens with two attached hydrogens (primary N) is 1. The number of benzene rings is 2. The number of hydrogen-bond acceptors (Lipinski definition) is 4. The summed E-state index contributed by atoms with van der Waals surface area (Å²) in [6.45, 7) is -0.438. The summed E-state index contributed by atoms with van der Waals surface area (Å²) in [6.07, 6.45) is 1.26. The normalized spacial score (nSPS) is 19.4. The van der Waals surface area contributed by atoms with E-state index in [1.807, 2.05) is 0 Å². The quantitative estimate of drug-likeness (QED) is 0.651. The molecule has 1 aromatic heterocycles. The second kappa shape index (κ2) is 6.64. The Balaban J connectivity index is 1.77. The molecular formula is C21H15ClFN5O3. The number of carbonyl (C=O) groups excluding carboxylic acids is 3. The summed E-state index contributed by atoms with van der Waals surface area (Å²) in [5.41, 5.74) is 5.43. The Kier molecular flexibility index (Phi) is 4.13. The van der Waals surface area contributed by atoms with E-state index >= 15 is 0 Å². The van der Waals surface area contributed by atoms with Crippen LogP contribution in [0.2, 0.25) is 5.02 Å². The van der Waals surface area contributed by atoms with Crippen LogP contribution in [0.25, 0.3) is 5.69 Å². The zero-order chi connectivity index (χ0) is 21.9. The van der Waals surface area contributed by atoms with Gasteiger partial charge in [-0.05, 0) is 29.8 Å². The van der Waals surface area contributed by atoms with E-state index in [4.69, 9.17) is 17.3 Å². The van der Waals surface area contributed by atoms with Crippen molar-refractivity contribution in [2.75, 3.05) is 16.8 Å². The van der Waals surface area contributed by atoms with E-state index < -0.39 is 35.5 Å². The third kappa shape index (κ3) is 2.66. The van der Waals surface area contributed by atoms with Crippen LogP contribution in [0.5, 0.6) is 0 Å². The maximum absolute atomic E-state index is 14.0. The Morgan fingerprint density at radius 2 is 1.97 bits per heavy atom. The van der Waals surface area contributed by atoms with Crippen molar-refractivity contribution < 1.29 is 18.8 Å². The van der Waals surface area contributed by atoms with Crippen molar-refractivity contribution in [2.24, 2.45) is 5.73 Å². The fraction of sp³-hybridized carbons (Fsp3) is 0.143. The number of carbonyl (C=O) groups is 3. The lowest BCUT2D eigenvalue weighted by molar-refractivity contribution is -0.127. The minimum atomic E-state index is -1.46. The topological polar surface area (TPSA) is 110 Å². The first kappa shape index (κ1) is 19.3. The Morgan fingerprint density at radius 1 is 1.19 bits per heavy atom. The van der Waals surface area contributed by atoms with E-state index in [9.17, 15) is 18.8 Å². The molecule has 3 N–H and O–H groups in total. The molecule has 2 aromatic carbocycles. The summed E-state index contributed by atoms with van der Waals surface area (Å²) >= 11 is 6.31. The van der Waals surface area contributed by atoms with E-state index in [2.05, 4.69) is 10.4 Å². The lowest BCUT2D eigenvalue weighted by atomic mass is 9.72. The number of halogens is 2. The molecule has 1 spiro atoms. The molecule has 0 aliphatic carbocycles. The summed E-state index contributed by atoms with van der Waals surface area (Å²) in [7, 11) is 0. The molecule has 3 amide bonds. The number of amides is 3. The van der Waals surface area contributed by atoms with Crippen LogP contribution < -0.4 is 16.0 Å². The van der Waals surface area contributed by atoms with Crippen LogP contribution in [0.15, 0.2) is 48.7 Å². The van der Waals surface area contributed by atoms with Crippen molar-refractivity contribution in [3.8, 4) is 5.69 Å². The van der Waals surface area contributed by atoms with E-state index in [0.717, 1.165) is 11.0 Å². The summed E-state index contributed by atoms with van der Waals surface area (Å²) in [4.78, 5) is 39.2. The van der Waals surface area contributed by atoms with Crippen LogP contribution in [-0.4, -0.2) is 34.0 Å². The van der Waals surface area contributed by atoms with Crippen LogP contribution in [0.4, 0.5) is 15.9 Å². The van der Waals surface area contributed by atoms with Crippen molar-refractivity contribution in [1.82, 2.24) is 9.78 Å². The number of anilines is 2. The number of nitrogens with one attached hydrogen (secondary N) is 1. The molecule has 2 aliphatic rings. The summed E-state index contributed by atoms with van der Waals surface area (Å²) in [5.74, 6) is -2.01. The standard InChI is InChI=1S/C21H15ClFN5O3/c22-14-3-1-2-4-15(14)28-19-13(9-25-28)21(8-18(30)26-19)12-6-5-11(23)7-16(12)27(20(21)31)10-17(24)29/h1-7,9H,8,10H2,(H2,24,29)(H,26,30)/t21-/m0/s1. The second-order valence-electron chi connectivity index (χ2n) is 7.42. The van der Waals surface area contributed by atoms with Gasteiger partial charge in [0.25, 0.3) is 0 Å². The highest BCUT2D eigenvalue weighted by Crippen LogP contribution is 2.52. The highest BCUT2D eigenvalue weighted by atomic mass is 35.5.